The lowest BCUT2D eigenvalue weighted by Crippen LogP contribution is -1.97. The number of rotatable bonds is 5. The maximum Gasteiger partial charge on any atom is 0.162 e. The van der Waals surface area contributed by atoms with E-state index in [2.05, 4.69) is 22.9 Å². The van der Waals surface area contributed by atoms with Crippen molar-refractivity contribution in [3.8, 4) is 11.5 Å². The average Bonchev–Trinajstić information content (AvgIpc) is 2.62. The molecule has 0 spiro atoms. The minimum Gasteiger partial charge on any atom is -0.490 e. The smallest absolute Gasteiger partial charge is 0.162 e. The summed E-state index contributed by atoms with van der Waals surface area (Å²) < 4.78 is 11.4. The van der Waals surface area contributed by atoms with E-state index in [1.165, 1.54) is 19.3 Å². The fourth-order valence-electron chi connectivity index (χ4n) is 2.17. The topological polar surface area (TPSA) is 18.5 Å². The van der Waals surface area contributed by atoms with Gasteiger partial charge in [-0.15, -0.1) is 0 Å². The molecule has 19 heavy (non-hydrogen) atoms. The van der Waals surface area contributed by atoms with Gasteiger partial charge in [-0.05, 0) is 18.1 Å². The second kappa shape index (κ2) is 7.39. The lowest BCUT2D eigenvalue weighted by molar-refractivity contribution is 0.297. The first kappa shape index (κ1) is 15.0. The number of ether oxygens (including phenoxy) is 2. The second-order valence-electron chi connectivity index (χ2n) is 4.83. The van der Waals surface area contributed by atoms with E-state index in [0.29, 0.717) is 13.2 Å². The van der Waals surface area contributed by atoms with Crippen LogP contribution in [-0.4, -0.2) is 13.2 Å². The van der Waals surface area contributed by atoms with E-state index in [4.69, 9.17) is 21.1 Å². The number of hydrogen-bond acceptors (Lipinski definition) is 2. The van der Waals surface area contributed by atoms with Gasteiger partial charge in [-0.3, -0.25) is 0 Å². The summed E-state index contributed by atoms with van der Waals surface area (Å²) in [5, 5.41) is 0.752. The van der Waals surface area contributed by atoms with Gasteiger partial charge in [0.15, 0.2) is 11.5 Å². The highest BCUT2D eigenvalue weighted by atomic mass is 79.9. The van der Waals surface area contributed by atoms with Crippen molar-refractivity contribution in [2.45, 2.75) is 43.9 Å². The molecule has 0 fully saturated rings. The molecule has 0 radical (unpaired) electrons. The first-order valence-electron chi connectivity index (χ1n) is 6.95. The number of hydrogen-bond donors (Lipinski definition) is 0. The van der Waals surface area contributed by atoms with Crippen LogP contribution in [-0.2, 0) is 0 Å². The van der Waals surface area contributed by atoms with Crippen LogP contribution >= 0.6 is 27.5 Å². The van der Waals surface area contributed by atoms with E-state index in [0.717, 1.165) is 34.9 Å². The predicted octanol–water partition coefficient (Wildman–Crippen LogP) is 5.52. The number of benzene rings is 1. The van der Waals surface area contributed by atoms with Crippen LogP contribution in [0.15, 0.2) is 12.1 Å². The number of unbranched alkanes of at least 4 members (excludes halogenated alkanes) is 2. The Bertz CT molecular complexity index is 423. The third-order valence-corrected chi connectivity index (χ3v) is 4.54. The van der Waals surface area contributed by atoms with Gasteiger partial charge in [-0.1, -0.05) is 53.7 Å². The Hall–Kier alpha value is -0.410. The van der Waals surface area contributed by atoms with Crippen molar-refractivity contribution in [1.29, 1.82) is 0 Å². The quantitative estimate of drug-likeness (QED) is 0.516. The molecule has 1 aliphatic rings. The molecule has 0 aromatic heterocycles. The van der Waals surface area contributed by atoms with Crippen LogP contribution in [0.1, 0.15) is 49.4 Å². The Labute approximate surface area is 128 Å². The van der Waals surface area contributed by atoms with Crippen molar-refractivity contribution in [2.75, 3.05) is 13.2 Å². The molecule has 0 bridgehead atoms. The molecule has 0 saturated heterocycles. The molecule has 1 aromatic rings. The van der Waals surface area contributed by atoms with Crippen molar-refractivity contribution in [3.05, 3.63) is 22.7 Å². The van der Waals surface area contributed by atoms with E-state index in [1.807, 2.05) is 12.1 Å². The van der Waals surface area contributed by atoms with Gasteiger partial charge in [-0.25, -0.2) is 0 Å². The van der Waals surface area contributed by atoms with E-state index in [9.17, 15) is 0 Å². The first-order chi connectivity index (χ1) is 9.22. The summed E-state index contributed by atoms with van der Waals surface area (Å²) in [6.07, 6.45) is 5.69. The SMILES string of the molecule is CCCCCC(Br)c1cc2c(cc1Cl)OCCCO2. The van der Waals surface area contributed by atoms with Gasteiger partial charge in [0.25, 0.3) is 0 Å². The van der Waals surface area contributed by atoms with Gasteiger partial charge in [0.1, 0.15) is 0 Å². The van der Waals surface area contributed by atoms with Gasteiger partial charge < -0.3 is 9.47 Å². The predicted molar refractivity (Wildman–Crippen MR) is 82.9 cm³/mol. The van der Waals surface area contributed by atoms with Crippen molar-refractivity contribution in [1.82, 2.24) is 0 Å². The fourth-order valence-corrected chi connectivity index (χ4v) is 3.29. The largest absolute Gasteiger partial charge is 0.490 e. The highest BCUT2D eigenvalue weighted by molar-refractivity contribution is 9.09. The van der Waals surface area contributed by atoms with Crippen molar-refractivity contribution in [2.24, 2.45) is 0 Å². The molecule has 2 nitrogen and oxygen atoms in total. The Morgan fingerprint density at radius 2 is 1.89 bits per heavy atom. The molecule has 0 aliphatic carbocycles. The van der Waals surface area contributed by atoms with Gasteiger partial charge in [-0.2, -0.15) is 0 Å². The standard InChI is InChI=1S/C15H20BrClO2/c1-2-3-4-6-12(16)11-9-14-15(10-13(11)17)19-8-5-7-18-14/h9-10,12H,2-8H2,1H3. The van der Waals surface area contributed by atoms with E-state index in [-0.39, 0.29) is 4.83 Å². The zero-order valence-electron chi connectivity index (χ0n) is 11.3. The van der Waals surface area contributed by atoms with Crippen LogP contribution in [0, 0.1) is 0 Å². The Balaban J connectivity index is 2.14. The summed E-state index contributed by atoms with van der Waals surface area (Å²) in [6, 6.07) is 3.90. The fraction of sp³-hybridized carbons (Fsp3) is 0.600. The molecule has 0 amide bonds. The van der Waals surface area contributed by atoms with E-state index in [1.54, 1.807) is 0 Å². The minimum atomic E-state index is 0.281. The van der Waals surface area contributed by atoms with Crippen LogP contribution in [0.5, 0.6) is 11.5 Å². The molecule has 0 saturated carbocycles. The van der Waals surface area contributed by atoms with Crippen LogP contribution in [0.3, 0.4) is 0 Å². The van der Waals surface area contributed by atoms with Crippen LogP contribution in [0.4, 0.5) is 0 Å². The summed E-state index contributed by atoms with van der Waals surface area (Å²) in [5.74, 6) is 1.58. The minimum absolute atomic E-state index is 0.281. The molecular weight excluding hydrogens is 328 g/mol. The lowest BCUT2D eigenvalue weighted by Gasteiger charge is -2.15. The number of fused-ring (bicyclic) bond motifs is 1. The molecule has 106 valence electrons. The zero-order valence-corrected chi connectivity index (χ0v) is 13.6. The molecule has 4 heteroatoms. The summed E-state index contributed by atoms with van der Waals surface area (Å²) in [5.41, 5.74) is 1.10. The molecule has 1 atom stereocenters. The Kier molecular flexibility index (Phi) is 5.83. The third-order valence-electron chi connectivity index (χ3n) is 3.27. The van der Waals surface area contributed by atoms with Crippen LogP contribution in [0.2, 0.25) is 5.02 Å². The second-order valence-corrected chi connectivity index (χ2v) is 6.35. The maximum absolute atomic E-state index is 6.36. The van der Waals surface area contributed by atoms with E-state index >= 15 is 0 Å². The summed E-state index contributed by atoms with van der Waals surface area (Å²) in [4.78, 5) is 0.281. The molecular formula is C15H20BrClO2. The van der Waals surface area contributed by atoms with Crippen molar-refractivity contribution in [3.63, 3.8) is 0 Å². The highest BCUT2D eigenvalue weighted by Crippen LogP contribution is 2.41. The van der Waals surface area contributed by atoms with E-state index < -0.39 is 0 Å². The molecule has 1 unspecified atom stereocenters. The van der Waals surface area contributed by atoms with Crippen molar-refractivity contribution >= 4 is 27.5 Å². The molecule has 2 rings (SSSR count). The summed E-state index contributed by atoms with van der Waals surface area (Å²) in [7, 11) is 0. The lowest BCUT2D eigenvalue weighted by atomic mass is 10.1. The number of halogens is 2. The van der Waals surface area contributed by atoms with Gasteiger partial charge >= 0.3 is 0 Å². The molecule has 0 N–H and O–H groups in total. The Morgan fingerprint density at radius 3 is 2.58 bits per heavy atom. The summed E-state index contributed by atoms with van der Waals surface area (Å²) in [6.45, 7) is 3.61. The third kappa shape index (κ3) is 4.03. The van der Waals surface area contributed by atoms with Crippen LogP contribution < -0.4 is 9.47 Å². The highest BCUT2D eigenvalue weighted by Gasteiger charge is 2.18. The van der Waals surface area contributed by atoms with Crippen LogP contribution in [0.25, 0.3) is 0 Å². The average molecular weight is 348 g/mol. The monoisotopic (exact) mass is 346 g/mol. The van der Waals surface area contributed by atoms with Gasteiger partial charge in [0, 0.05) is 22.3 Å². The number of alkyl halides is 1. The molecule has 1 aromatic carbocycles. The first-order valence-corrected chi connectivity index (χ1v) is 8.25. The van der Waals surface area contributed by atoms with Gasteiger partial charge in [0.2, 0.25) is 0 Å². The zero-order chi connectivity index (χ0) is 13.7. The normalized spacial score (nSPS) is 15.9. The molecule has 1 aliphatic heterocycles. The molecule has 1 heterocycles. The van der Waals surface area contributed by atoms with Gasteiger partial charge in [0.05, 0.1) is 13.2 Å². The Morgan fingerprint density at radius 1 is 1.21 bits per heavy atom. The maximum atomic E-state index is 6.36. The van der Waals surface area contributed by atoms with Crippen molar-refractivity contribution < 1.29 is 9.47 Å². The summed E-state index contributed by atoms with van der Waals surface area (Å²) >= 11 is 10.1.